The minimum Gasteiger partial charge on any atom is -0.466 e. The molecule has 1 atom stereocenters. The first-order valence-corrected chi connectivity index (χ1v) is 11.1. The number of carbonyl (C=O) groups is 1. The topological polar surface area (TPSA) is 42.1 Å². The van der Waals surface area contributed by atoms with E-state index in [2.05, 4.69) is 4.98 Å². The van der Waals surface area contributed by atoms with Crippen molar-refractivity contribution in [1.82, 2.24) is 4.98 Å². The number of rotatable bonds is 7. The Morgan fingerprint density at radius 3 is 2.63 bits per heavy atom. The molecular weight excluding hydrogens is 435 g/mol. The fraction of sp³-hybridized carbons (Fsp3) is 0.318. The van der Waals surface area contributed by atoms with Gasteiger partial charge in [0.25, 0.3) is 0 Å². The molecule has 2 aromatic carbocycles. The van der Waals surface area contributed by atoms with Crippen molar-refractivity contribution in [3.63, 3.8) is 0 Å². The van der Waals surface area contributed by atoms with Gasteiger partial charge in [-0.05, 0) is 42.0 Å². The van der Waals surface area contributed by atoms with Gasteiger partial charge in [0, 0.05) is 33.8 Å². The molecular formula is C22H21ClF3NO2S. The van der Waals surface area contributed by atoms with Crippen molar-refractivity contribution in [1.29, 1.82) is 0 Å². The van der Waals surface area contributed by atoms with Gasteiger partial charge >= 0.3 is 12.1 Å². The Morgan fingerprint density at radius 2 is 2.00 bits per heavy atom. The highest BCUT2D eigenvalue weighted by atomic mass is 35.5. The summed E-state index contributed by atoms with van der Waals surface area (Å²) in [5, 5.41) is 0.876. The fourth-order valence-electron chi connectivity index (χ4n) is 3.56. The summed E-state index contributed by atoms with van der Waals surface area (Å²) in [6.45, 7) is 1.93. The molecule has 1 unspecified atom stereocenters. The molecule has 0 bridgehead atoms. The molecule has 0 aliphatic rings. The molecule has 160 valence electrons. The smallest absolute Gasteiger partial charge is 0.416 e. The summed E-state index contributed by atoms with van der Waals surface area (Å²) in [5.74, 6) is -0.175. The average molecular weight is 456 g/mol. The Morgan fingerprint density at radius 1 is 1.23 bits per heavy atom. The van der Waals surface area contributed by atoms with Crippen LogP contribution in [0, 0.1) is 0 Å². The molecule has 0 fully saturated rings. The number of nitrogens with one attached hydrogen (secondary N) is 1. The van der Waals surface area contributed by atoms with Crippen LogP contribution in [0.1, 0.15) is 41.5 Å². The van der Waals surface area contributed by atoms with E-state index in [0.29, 0.717) is 5.56 Å². The number of hydrogen-bond acceptors (Lipinski definition) is 3. The Balaban J connectivity index is 2.12. The summed E-state index contributed by atoms with van der Waals surface area (Å²) in [6.07, 6.45) is -0.717. The van der Waals surface area contributed by atoms with Gasteiger partial charge in [0.2, 0.25) is 0 Å². The third-order valence-corrected chi connectivity index (χ3v) is 5.82. The lowest BCUT2D eigenvalue weighted by molar-refractivity contribution is -0.143. The highest BCUT2D eigenvalue weighted by molar-refractivity contribution is 7.97. The summed E-state index contributed by atoms with van der Waals surface area (Å²) in [5.41, 5.74) is 2.47. The zero-order valence-electron chi connectivity index (χ0n) is 16.5. The van der Waals surface area contributed by atoms with E-state index in [1.165, 1.54) is 6.07 Å². The van der Waals surface area contributed by atoms with Crippen LogP contribution in [0.4, 0.5) is 13.2 Å². The molecule has 0 saturated heterocycles. The van der Waals surface area contributed by atoms with E-state index in [4.69, 9.17) is 16.3 Å². The van der Waals surface area contributed by atoms with Gasteiger partial charge in [-0.1, -0.05) is 35.9 Å². The highest BCUT2D eigenvalue weighted by Crippen LogP contribution is 2.40. The zero-order valence-corrected chi connectivity index (χ0v) is 18.0. The van der Waals surface area contributed by atoms with E-state index in [1.54, 1.807) is 24.9 Å². The number of ether oxygens (including phenoxy) is 1. The first-order chi connectivity index (χ1) is 14.3. The molecule has 3 rings (SSSR count). The number of fused-ring (bicyclic) bond motifs is 1. The van der Waals surface area contributed by atoms with Gasteiger partial charge in [-0.3, -0.25) is 4.79 Å². The van der Waals surface area contributed by atoms with Gasteiger partial charge in [-0.25, -0.2) is 0 Å². The lowest BCUT2D eigenvalue weighted by atomic mass is 9.87. The Bertz CT molecular complexity index is 1050. The van der Waals surface area contributed by atoms with Gasteiger partial charge in [-0.2, -0.15) is 24.9 Å². The van der Waals surface area contributed by atoms with Crippen molar-refractivity contribution in [3.8, 4) is 0 Å². The van der Waals surface area contributed by atoms with E-state index in [-0.39, 0.29) is 18.1 Å². The maximum atomic E-state index is 13.1. The Kier molecular flexibility index (Phi) is 7.03. The summed E-state index contributed by atoms with van der Waals surface area (Å²) in [6, 6.07) is 9.13. The van der Waals surface area contributed by atoms with Crippen LogP contribution in [-0.2, 0) is 21.5 Å². The molecule has 0 aliphatic carbocycles. The van der Waals surface area contributed by atoms with Crippen LogP contribution in [0.5, 0.6) is 0 Å². The SMILES string of the molecule is CCOC(=O)CC(c1ccc(C(F)(F)F)cc1Cl)c1c[nH]c2c(CSC)cccc12. The molecule has 0 saturated carbocycles. The second-order valence-corrected chi connectivity index (χ2v) is 8.09. The molecule has 0 aliphatic heterocycles. The van der Waals surface area contributed by atoms with Gasteiger partial charge in [-0.15, -0.1) is 0 Å². The van der Waals surface area contributed by atoms with Crippen LogP contribution in [0.2, 0.25) is 5.02 Å². The number of halogens is 4. The number of alkyl halides is 3. The molecule has 1 aromatic heterocycles. The molecule has 30 heavy (non-hydrogen) atoms. The van der Waals surface area contributed by atoms with E-state index in [9.17, 15) is 18.0 Å². The average Bonchev–Trinajstić information content (AvgIpc) is 3.11. The standard InChI is InChI=1S/C22H21ClF3NO2S/c1-3-29-20(28)10-17(15-8-7-14(9-19(15)23)22(24,25)26)18-11-27-21-13(12-30-2)5-4-6-16(18)21/h4-9,11,17,27H,3,10,12H2,1-2H3. The van der Waals surface area contributed by atoms with Crippen LogP contribution < -0.4 is 0 Å². The second kappa shape index (κ2) is 9.35. The molecule has 0 spiro atoms. The third-order valence-electron chi connectivity index (χ3n) is 4.89. The van der Waals surface area contributed by atoms with Crippen molar-refractivity contribution >= 4 is 40.2 Å². The maximum Gasteiger partial charge on any atom is 0.416 e. The lowest BCUT2D eigenvalue weighted by Gasteiger charge is -2.19. The number of carbonyl (C=O) groups excluding carboxylic acids is 1. The van der Waals surface area contributed by atoms with E-state index < -0.39 is 23.6 Å². The van der Waals surface area contributed by atoms with Crippen molar-refractivity contribution in [2.75, 3.05) is 12.9 Å². The van der Waals surface area contributed by atoms with E-state index >= 15 is 0 Å². The predicted molar refractivity (Wildman–Crippen MR) is 115 cm³/mol. The molecule has 1 N–H and O–H groups in total. The normalized spacial score (nSPS) is 12.9. The van der Waals surface area contributed by atoms with E-state index in [0.717, 1.165) is 39.9 Å². The number of esters is 1. The molecule has 1 heterocycles. The van der Waals surface area contributed by atoms with Crippen LogP contribution in [-0.4, -0.2) is 23.8 Å². The third kappa shape index (κ3) is 4.78. The Labute approximate surface area is 181 Å². The van der Waals surface area contributed by atoms with Crippen molar-refractivity contribution < 1.29 is 22.7 Å². The summed E-state index contributed by atoms with van der Waals surface area (Å²) < 4.78 is 44.3. The highest BCUT2D eigenvalue weighted by Gasteiger charge is 2.32. The molecule has 0 radical (unpaired) electrons. The van der Waals surface area contributed by atoms with Crippen molar-refractivity contribution in [3.05, 3.63) is 69.9 Å². The molecule has 3 nitrogen and oxygen atoms in total. The minimum absolute atomic E-state index is 0.0291. The molecule has 0 amide bonds. The first kappa shape index (κ1) is 22.6. The van der Waals surface area contributed by atoms with Gasteiger partial charge in [0.1, 0.15) is 0 Å². The number of H-pyrrole nitrogens is 1. The summed E-state index contributed by atoms with van der Waals surface area (Å²) >= 11 is 7.96. The lowest BCUT2D eigenvalue weighted by Crippen LogP contribution is -2.13. The van der Waals surface area contributed by atoms with Crippen LogP contribution in [0.3, 0.4) is 0 Å². The monoisotopic (exact) mass is 455 g/mol. The number of aromatic nitrogens is 1. The van der Waals surface area contributed by atoms with Crippen LogP contribution >= 0.6 is 23.4 Å². The maximum absolute atomic E-state index is 13.1. The number of hydrogen-bond donors (Lipinski definition) is 1. The van der Waals surface area contributed by atoms with Gasteiger partial charge in [0.05, 0.1) is 18.6 Å². The van der Waals surface area contributed by atoms with Gasteiger partial charge < -0.3 is 9.72 Å². The van der Waals surface area contributed by atoms with E-state index in [1.807, 2.05) is 24.5 Å². The summed E-state index contributed by atoms with van der Waals surface area (Å²) in [7, 11) is 0. The zero-order chi connectivity index (χ0) is 21.9. The predicted octanol–water partition coefficient (Wildman–Crippen LogP) is 6.79. The van der Waals surface area contributed by atoms with Crippen molar-refractivity contribution in [2.24, 2.45) is 0 Å². The second-order valence-electron chi connectivity index (χ2n) is 6.81. The molecule has 8 heteroatoms. The van der Waals surface area contributed by atoms with Crippen LogP contribution in [0.25, 0.3) is 10.9 Å². The molecule has 3 aromatic rings. The van der Waals surface area contributed by atoms with Crippen molar-refractivity contribution in [2.45, 2.75) is 31.2 Å². The summed E-state index contributed by atoms with van der Waals surface area (Å²) in [4.78, 5) is 15.6. The van der Waals surface area contributed by atoms with Gasteiger partial charge in [0.15, 0.2) is 0 Å². The minimum atomic E-state index is -4.49. The number of para-hydroxylation sites is 1. The number of aromatic amines is 1. The number of benzene rings is 2. The fourth-order valence-corrected chi connectivity index (χ4v) is 4.43. The largest absolute Gasteiger partial charge is 0.466 e. The van der Waals surface area contributed by atoms with Crippen LogP contribution in [0.15, 0.2) is 42.6 Å². The Hall–Kier alpha value is -2.12. The number of thioether (sulfide) groups is 1. The quantitative estimate of drug-likeness (QED) is 0.399. The first-order valence-electron chi connectivity index (χ1n) is 9.36.